The lowest BCUT2D eigenvalue weighted by molar-refractivity contribution is -0.140. The topological polar surface area (TPSA) is 135 Å². The number of hydrogen-bond donors (Lipinski definition) is 3. The average molecular weight is 480 g/mol. The normalized spacial score (nSPS) is 18.7. The molecule has 1 saturated heterocycles. The summed E-state index contributed by atoms with van der Waals surface area (Å²) in [7, 11) is 0. The van der Waals surface area contributed by atoms with E-state index in [-0.39, 0.29) is 41.9 Å². The molecule has 0 saturated carbocycles. The van der Waals surface area contributed by atoms with Crippen molar-refractivity contribution < 1.29 is 19.1 Å². The lowest BCUT2D eigenvalue weighted by Gasteiger charge is -2.31. The van der Waals surface area contributed by atoms with Gasteiger partial charge in [-0.1, -0.05) is 45.9 Å². The Kier molecular flexibility index (Phi) is 9.39. The first-order valence-electron chi connectivity index (χ1n) is 11.1. The van der Waals surface area contributed by atoms with Crippen LogP contribution in [0.2, 0.25) is 0 Å². The van der Waals surface area contributed by atoms with E-state index in [9.17, 15) is 14.7 Å². The molecule has 0 radical (unpaired) electrons. The first-order valence-corrected chi connectivity index (χ1v) is 11.1. The molecule has 3 rings (SSSR count). The quantitative estimate of drug-likeness (QED) is 0.528. The number of carbonyl (C=O) groups is 2. The predicted molar refractivity (Wildman–Crippen MR) is 126 cm³/mol. The predicted octanol–water partition coefficient (Wildman–Crippen LogP) is 2.31. The second kappa shape index (κ2) is 11.6. The van der Waals surface area contributed by atoms with E-state index in [0.29, 0.717) is 18.9 Å². The fourth-order valence-corrected chi connectivity index (χ4v) is 3.86. The van der Waals surface area contributed by atoms with Crippen molar-refractivity contribution in [1.29, 1.82) is 0 Å². The summed E-state index contributed by atoms with van der Waals surface area (Å²) < 4.78 is 5.68. The van der Waals surface area contributed by atoms with Gasteiger partial charge in [0.1, 0.15) is 6.04 Å². The number of benzene rings is 1. The van der Waals surface area contributed by atoms with Crippen LogP contribution in [0, 0.1) is 11.8 Å². The monoisotopic (exact) mass is 479 g/mol. The molecule has 10 heteroatoms. The van der Waals surface area contributed by atoms with Gasteiger partial charge in [-0.15, -0.1) is 22.6 Å². The highest BCUT2D eigenvalue weighted by atomic mass is 35.5. The van der Waals surface area contributed by atoms with Crippen molar-refractivity contribution >= 4 is 24.2 Å². The molecule has 1 unspecified atom stereocenters. The third-order valence-corrected chi connectivity index (χ3v) is 5.92. The number of nitrogens with zero attached hydrogens (tertiary/aromatic N) is 3. The first-order chi connectivity index (χ1) is 15.2. The van der Waals surface area contributed by atoms with E-state index < -0.39 is 24.2 Å². The molecule has 9 nitrogen and oxygen atoms in total. The van der Waals surface area contributed by atoms with E-state index in [2.05, 4.69) is 15.5 Å². The van der Waals surface area contributed by atoms with Gasteiger partial charge in [-0.25, -0.2) is 0 Å². The van der Waals surface area contributed by atoms with Gasteiger partial charge in [0.05, 0.1) is 12.1 Å². The highest BCUT2D eigenvalue weighted by Gasteiger charge is 2.39. The lowest BCUT2D eigenvalue weighted by Crippen LogP contribution is -2.55. The van der Waals surface area contributed by atoms with Crippen LogP contribution in [-0.4, -0.2) is 56.7 Å². The van der Waals surface area contributed by atoms with Crippen LogP contribution < -0.4 is 11.1 Å². The number of nitrogens with two attached hydrogens (primary N) is 1. The Morgan fingerprint density at radius 1 is 1.15 bits per heavy atom. The molecule has 4 atom stereocenters. The van der Waals surface area contributed by atoms with Gasteiger partial charge in [0, 0.05) is 12.1 Å². The number of carbonyl (C=O) groups excluding carboxylic acids is 2. The standard InChI is InChI=1S/C23H33N5O4.ClH/c1-13(2)17(24)23(31)28-12-8-11-16(28)20(30)25-18(14(3)4)19(29)22-27-26-21(32-22)15-9-6-5-7-10-15;/h5-7,9-10,13-14,16-19,29H,8,11-12,24H2,1-4H3,(H,25,30);1H/t16-,17+,18?,19+;/m1./s1. The lowest BCUT2D eigenvalue weighted by atomic mass is 9.97. The van der Waals surface area contributed by atoms with Gasteiger partial charge in [0.15, 0.2) is 6.10 Å². The molecular formula is C23H34ClN5O4. The van der Waals surface area contributed by atoms with Crippen LogP contribution in [0.4, 0.5) is 0 Å². The third-order valence-electron chi connectivity index (χ3n) is 5.92. The smallest absolute Gasteiger partial charge is 0.247 e. The number of aliphatic hydroxyl groups excluding tert-OH is 1. The Labute approximate surface area is 200 Å². The molecule has 0 spiro atoms. The number of amides is 2. The summed E-state index contributed by atoms with van der Waals surface area (Å²) in [5, 5.41) is 21.8. The van der Waals surface area contributed by atoms with Crippen LogP contribution in [0.1, 0.15) is 52.5 Å². The summed E-state index contributed by atoms with van der Waals surface area (Å²) in [5.74, 6) is -0.346. The zero-order valence-corrected chi connectivity index (χ0v) is 20.3. The maximum atomic E-state index is 13.1. The summed E-state index contributed by atoms with van der Waals surface area (Å²) in [6.07, 6.45) is 0.0997. The van der Waals surface area contributed by atoms with Crippen molar-refractivity contribution in [3.8, 4) is 11.5 Å². The Bertz CT molecular complexity index is 921. The molecule has 0 aliphatic carbocycles. The zero-order valence-electron chi connectivity index (χ0n) is 19.5. The summed E-state index contributed by atoms with van der Waals surface area (Å²) in [6.45, 7) is 8.03. The molecule has 2 amide bonds. The minimum absolute atomic E-state index is 0. The maximum absolute atomic E-state index is 13.1. The Morgan fingerprint density at radius 3 is 2.42 bits per heavy atom. The van der Waals surface area contributed by atoms with Crippen LogP contribution in [0.5, 0.6) is 0 Å². The number of rotatable bonds is 8. The van der Waals surface area contributed by atoms with Crippen LogP contribution >= 0.6 is 12.4 Å². The van der Waals surface area contributed by atoms with Gasteiger partial charge in [-0.3, -0.25) is 9.59 Å². The van der Waals surface area contributed by atoms with Crippen LogP contribution in [-0.2, 0) is 9.59 Å². The molecule has 4 N–H and O–H groups in total. The minimum atomic E-state index is -1.19. The van der Waals surface area contributed by atoms with Crippen molar-refractivity contribution in [1.82, 2.24) is 20.4 Å². The summed E-state index contributed by atoms with van der Waals surface area (Å²) in [6, 6.07) is 7.33. The van der Waals surface area contributed by atoms with E-state index in [1.165, 1.54) is 0 Å². The van der Waals surface area contributed by atoms with Gasteiger partial charge in [-0.2, -0.15) is 0 Å². The van der Waals surface area contributed by atoms with E-state index in [1.807, 2.05) is 58.0 Å². The number of nitrogens with one attached hydrogen (secondary N) is 1. The molecule has 33 heavy (non-hydrogen) atoms. The van der Waals surface area contributed by atoms with Crippen molar-refractivity contribution in [2.24, 2.45) is 17.6 Å². The molecule has 182 valence electrons. The van der Waals surface area contributed by atoms with Crippen LogP contribution in [0.25, 0.3) is 11.5 Å². The summed E-state index contributed by atoms with van der Waals surface area (Å²) >= 11 is 0. The van der Waals surface area contributed by atoms with Crippen LogP contribution in [0.3, 0.4) is 0 Å². The van der Waals surface area contributed by atoms with Gasteiger partial charge >= 0.3 is 0 Å². The van der Waals surface area contributed by atoms with Crippen molar-refractivity contribution in [2.75, 3.05) is 6.54 Å². The van der Waals surface area contributed by atoms with Crippen molar-refractivity contribution in [3.63, 3.8) is 0 Å². The molecule has 1 aromatic heterocycles. The largest absolute Gasteiger partial charge is 0.418 e. The van der Waals surface area contributed by atoms with Gasteiger partial charge in [0.25, 0.3) is 0 Å². The number of halogens is 1. The molecule has 1 fully saturated rings. The summed E-state index contributed by atoms with van der Waals surface area (Å²) in [5.41, 5.74) is 6.78. The van der Waals surface area contributed by atoms with E-state index in [0.717, 1.165) is 12.0 Å². The molecular weight excluding hydrogens is 446 g/mol. The molecule has 2 aromatic rings. The molecule has 1 aromatic carbocycles. The number of likely N-dealkylation sites (tertiary alicyclic amines) is 1. The Morgan fingerprint density at radius 2 is 1.82 bits per heavy atom. The number of aromatic nitrogens is 2. The Hall–Kier alpha value is -2.49. The first kappa shape index (κ1) is 26.8. The van der Waals surface area contributed by atoms with Gasteiger partial charge in [-0.05, 0) is 36.8 Å². The summed E-state index contributed by atoms with van der Waals surface area (Å²) in [4.78, 5) is 27.4. The fraction of sp³-hybridized carbons (Fsp3) is 0.565. The Balaban J connectivity index is 0.00000385. The third kappa shape index (κ3) is 6.10. The second-order valence-electron chi connectivity index (χ2n) is 8.99. The van der Waals surface area contributed by atoms with Gasteiger partial charge < -0.3 is 25.5 Å². The maximum Gasteiger partial charge on any atom is 0.247 e. The van der Waals surface area contributed by atoms with E-state index in [4.69, 9.17) is 10.2 Å². The molecule has 1 aliphatic heterocycles. The second-order valence-corrected chi connectivity index (χ2v) is 8.99. The van der Waals surface area contributed by atoms with Crippen molar-refractivity contribution in [3.05, 3.63) is 36.2 Å². The molecule has 0 bridgehead atoms. The highest BCUT2D eigenvalue weighted by molar-refractivity contribution is 5.90. The SMILES string of the molecule is CC(C)C(NC(=O)[C@H]1CCCN1C(=O)[C@@H](N)C(C)C)[C@H](O)c1nnc(-c2ccccc2)o1.Cl. The van der Waals surface area contributed by atoms with Crippen LogP contribution in [0.15, 0.2) is 34.7 Å². The van der Waals surface area contributed by atoms with E-state index >= 15 is 0 Å². The highest BCUT2D eigenvalue weighted by Crippen LogP contribution is 2.26. The minimum Gasteiger partial charge on any atom is -0.418 e. The van der Waals surface area contributed by atoms with Gasteiger partial charge in [0.2, 0.25) is 23.6 Å². The number of aliphatic hydroxyl groups is 1. The molecule has 1 aliphatic rings. The van der Waals surface area contributed by atoms with E-state index in [1.54, 1.807) is 4.90 Å². The number of hydrogen-bond acceptors (Lipinski definition) is 7. The zero-order chi connectivity index (χ0) is 23.4. The van der Waals surface area contributed by atoms with Crippen molar-refractivity contribution in [2.45, 2.75) is 64.8 Å². The average Bonchev–Trinajstić information content (AvgIpc) is 3.46. The fourth-order valence-electron chi connectivity index (χ4n) is 3.86. The molecule has 2 heterocycles.